The van der Waals surface area contributed by atoms with Gasteiger partial charge in [0.25, 0.3) is 0 Å². The third-order valence-electron chi connectivity index (χ3n) is 2.75. The minimum atomic E-state index is -0.749. The topological polar surface area (TPSA) is 49.3 Å². The molecule has 0 aromatic heterocycles. The van der Waals surface area contributed by atoms with Gasteiger partial charge in [0.1, 0.15) is 0 Å². The molecule has 1 atom stereocenters. The van der Waals surface area contributed by atoms with Crippen molar-refractivity contribution in [2.24, 2.45) is 0 Å². The summed E-state index contributed by atoms with van der Waals surface area (Å²) in [6, 6.07) is 6.19. The summed E-state index contributed by atoms with van der Waals surface area (Å²) in [7, 11) is 1.85. The van der Waals surface area contributed by atoms with E-state index in [0.29, 0.717) is 6.54 Å². The van der Waals surface area contributed by atoms with Crippen LogP contribution < -0.4 is 5.32 Å². The van der Waals surface area contributed by atoms with Gasteiger partial charge in [-0.3, -0.25) is 4.79 Å². The van der Waals surface area contributed by atoms with Gasteiger partial charge in [0, 0.05) is 12.5 Å². The van der Waals surface area contributed by atoms with Gasteiger partial charge >= 0.3 is 5.97 Å². The van der Waals surface area contributed by atoms with E-state index in [1.807, 2.05) is 20.9 Å². The largest absolute Gasteiger partial charge is 0.481 e. The monoisotopic (exact) mass is 221 g/mol. The van der Waals surface area contributed by atoms with Crippen LogP contribution in [0.1, 0.15) is 29.0 Å². The van der Waals surface area contributed by atoms with Gasteiger partial charge in [-0.2, -0.15) is 0 Å². The molecule has 0 aliphatic carbocycles. The van der Waals surface area contributed by atoms with E-state index in [2.05, 4.69) is 23.5 Å². The van der Waals surface area contributed by atoms with Crippen LogP contribution in [-0.4, -0.2) is 24.7 Å². The Morgan fingerprint density at radius 1 is 1.44 bits per heavy atom. The lowest BCUT2D eigenvalue weighted by Gasteiger charge is -2.18. The van der Waals surface area contributed by atoms with Crippen molar-refractivity contribution in [2.75, 3.05) is 13.6 Å². The Bertz CT molecular complexity index is 374. The highest BCUT2D eigenvalue weighted by atomic mass is 16.4. The van der Waals surface area contributed by atoms with E-state index in [0.717, 1.165) is 11.1 Å². The molecule has 0 aliphatic rings. The summed E-state index contributed by atoms with van der Waals surface area (Å²) < 4.78 is 0. The third kappa shape index (κ3) is 3.35. The number of likely N-dealkylation sites (N-methyl/N-ethyl adjacent to an activating group) is 1. The minimum absolute atomic E-state index is 0.0439. The van der Waals surface area contributed by atoms with Crippen LogP contribution >= 0.6 is 0 Å². The molecule has 1 unspecified atom stereocenters. The fraction of sp³-hybridized carbons (Fsp3) is 0.462. The van der Waals surface area contributed by atoms with Gasteiger partial charge in [0.2, 0.25) is 0 Å². The molecule has 0 aliphatic heterocycles. The lowest BCUT2D eigenvalue weighted by atomic mass is 9.90. The molecule has 0 saturated carbocycles. The molecule has 0 spiro atoms. The Labute approximate surface area is 96.5 Å². The van der Waals surface area contributed by atoms with Crippen LogP contribution in [0.2, 0.25) is 0 Å². The maximum atomic E-state index is 10.8. The molecule has 16 heavy (non-hydrogen) atoms. The summed E-state index contributed by atoms with van der Waals surface area (Å²) in [5, 5.41) is 12.0. The first-order chi connectivity index (χ1) is 7.54. The van der Waals surface area contributed by atoms with Gasteiger partial charge in [-0.15, -0.1) is 0 Å². The predicted molar refractivity (Wildman–Crippen MR) is 64.8 cm³/mol. The van der Waals surface area contributed by atoms with Crippen molar-refractivity contribution in [3.63, 3.8) is 0 Å². The molecular weight excluding hydrogens is 202 g/mol. The SMILES string of the molecule is CNCC(CC(=O)O)c1cc(C)ccc1C. The normalized spacial score (nSPS) is 12.4. The number of nitrogens with one attached hydrogen (secondary N) is 1. The smallest absolute Gasteiger partial charge is 0.304 e. The molecule has 0 bridgehead atoms. The lowest BCUT2D eigenvalue weighted by Crippen LogP contribution is -2.20. The highest BCUT2D eigenvalue weighted by Gasteiger charge is 2.16. The Balaban J connectivity index is 2.99. The number of hydrogen-bond donors (Lipinski definition) is 2. The van der Waals surface area contributed by atoms with Crippen molar-refractivity contribution >= 4 is 5.97 Å². The molecule has 3 nitrogen and oxygen atoms in total. The molecule has 0 amide bonds. The Morgan fingerprint density at radius 2 is 2.12 bits per heavy atom. The zero-order valence-electron chi connectivity index (χ0n) is 10.1. The van der Waals surface area contributed by atoms with Crippen LogP contribution in [0, 0.1) is 13.8 Å². The molecule has 1 aromatic rings. The average molecular weight is 221 g/mol. The number of carboxylic acid groups (broad SMARTS) is 1. The standard InChI is InChI=1S/C13H19NO2/c1-9-4-5-10(2)12(6-9)11(8-14-3)7-13(15)16/h4-6,11,14H,7-8H2,1-3H3,(H,15,16). The molecule has 0 fully saturated rings. The van der Waals surface area contributed by atoms with Crippen molar-refractivity contribution in [2.45, 2.75) is 26.2 Å². The van der Waals surface area contributed by atoms with Gasteiger partial charge < -0.3 is 10.4 Å². The molecule has 3 heteroatoms. The van der Waals surface area contributed by atoms with Crippen LogP contribution in [0.15, 0.2) is 18.2 Å². The van der Waals surface area contributed by atoms with Crippen molar-refractivity contribution in [3.8, 4) is 0 Å². The maximum absolute atomic E-state index is 10.8. The highest BCUT2D eigenvalue weighted by Crippen LogP contribution is 2.23. The van der Waals surface area contributed by atoms with Gasteiger partial charge in [-0.05, 0) is 32.0 Å². The van der Waals surface area contributed by atoms with Crippen molar-refractivity contribution in [1.82, 2.24) is 5.32 Å². The average Bonchev–Trinajstić information content (AvgIpc) is 2.20. The quantitative estimate of drug-likeness (QED) is 0.800. The first-order valence-corrected chi connectivity index (χ1v) is 5.48. The van der Waals surface area contributed by atoms with E-state index >= 15 is 0 Å². The van der Waals surface area contributed by atoms with E-state index < -0.39 is 5.97 Å². The summed E-state index contributed by atoms with van der Waals surface area (Å²) in [6.07, 6.45) is 0.172. The van der Waals surface area contributed by atoms with E-state index in [9.17, 15) is 4.79 Å². The van der Waals surface area contributed by atoms with Crippen LogP contribution in [0.3, 0.4) is 0 Å². The van der Waals surface area contributed by atoms with E-state index in [1.54, 1.807) is 0 Å². The Kier molecular flexibility index (Phi) is 4.50. The molecule has 1 rings (SSSR count). The molecular formula is C13H19NO2. The molecule has 0 heterocycles. The van der Waals surface area contributed by atoms with Gasteiger partial charge in [-0.1, -0.05) is 23.8 Å². The van der Waals surface area contributed by atoms with Gasteiger partial charge in [-0.25, -0.2) is 0 Å². The molecule has 88 valence electrons. The summed E-state index contributed by atoms with van der Waals surface area (Å²) in [6.45, 7) is 4.75. The zero-order valence-corrected chi connectivity index (χ0v) is 10.1. The van der Waals surface area contributed by atoms with E-state index in [1.165, 1.54) is 5.56 Å². The summed E-state index contributed by atoms with van der Waals surface area (Å²) >= 11 is 0. The Morgan fingerprint density at radius 3 is 2.69 bits per heavy atom. The number of carbonyl (C=O) groups is 1. The highest BCUT2D eigenvalue weighted by molar-refractivity contribution is 5.68. The van der Waals surface area contributed by atoms with Gasteiger partial charge in [0.05, 0.1) is 6.42 Å². The zero-order chi connectivity index (χ0) is 12.1. The molecule has 0 saturated heterocycles. The second kappa shape index (κ2) is 5.66. The number of rotatable bonds is 5. The number of aliphatic carboxylic acids is 1. The van der Waals surface area contributed by atoms with Crippen LogP contribution in [-0.2, 0) is 4.79 Å². The van der Waals surface area contributed by atoms with Crippen LogP contribution in [0.5, 0.6) is 0 Å². The predicted octanol–water partition coefficient (Wildman–Crippen LogP) is 2.08. The number of benzene rings is 1. The molecule has 2 N–H and O–H groups in total. The van der Waals surface area contributed by atoms with Crippen molar-refractivity contribution in [3.05, 3.63) is 34.9 Å². The van der Waals surface area contributed by atoms with Crippen molar-refractivity contribution < 1.29 is 9.90 Å². The molecule has 0 radical (unpaired) electrons. The first kappa shape index (κ1) is 12.7. The maximum Gasteiger partial charge on any atom is 0.304 e. The van der Waals surface area contributed by atoms with E-state index in [-0.39, 0.29) is 12.3 Å². The summed E-state index contributed by atoms with van der Waals surface area (Å²) in [4.78, 5) is 10.8. The van der Waals surface area contributed by atoms with Crippen LogP contribution in [0.4, 0.5) is 0 Å². The third-order valence-corrected chi connectivity index (χ3v) is 2.75. The second-order valence-electron chi connectivity index (χ2n) is 4.21. The fourth-order valence-electron chi connectivity index (χ4n) is 1.95. The second-order valence-corrected chi connectivity index (χ2v) is 4.21. The first-order valence-electron chi connectivity index (χ1n) is 5.48. The number of hydrogen-bond acceptors (Lipinski definition) is 2. The number of carboxylic acids is 1. The fourth-order valence-corrected chi connectivity index (χ4v) is 1.95. The van der Waals surface area contributed by atoms with E-state index in [4.69, 9.17) is 5.11 Å². The lowest BCUT2D eigenvalue weighted by molar-refractivity contribution is -0.137. The molecule has 1 aromatic carbocycles. The van der Waals surface area contributed by atoms with Gasteiger partial charge in [0.15, 0.2) is 0 Å². The van der Waals surface area contributed by atoms with Crippen LogP contribution in [0.25, 0.3) is 0 Å². The summed E-state index contributed by atoms with van der Waals surface area (Å²) in [5.74, 6) is -0.705. The minimum Gasteiger partial charge on any atom is -0.481 e. The summed E-state index contributed by atoms with van der Waals surface area (Å²) in [5.41, 5.74) is 3.47. The number of aryl methyl sites for hydroxylation is 2. The van der Waals surface area contributed by atoms with Crippen molar-refractivity contribution in [1.29, 1.82) is 0 Å². The Hall–Kier alpha value is -1.35.